The van der Waals surface area contributed by atoms with Gasteiger partial charge in [0.1, 0.15) is 5.25 Å². The number of hydrogen-bond donors (Lipinski definition) is 1. The van der Waals surface area contributed by atoms with Crippen molar-refractivity contribution in [2.75, 3.05) is 0 Å². The van der Waals surface area contributed by atoms with Crippen LogP contribution in [0.4, 0.5) is 0 Å². The average Bonchev–Trinajstić information content (AvgIpc) is 2.21. The van der Waals surface area contributed by atoms with Crippen LogP contribution in [0.3, 0.4) is 0 Å². The molecule has 5 nitrogen and oxygen atoms in total. The van der Waals surface area contributed by atoms with Crippen molar-refractivity contribution >= 4 is 34.5 Å². The normalized spacial score (nSPS) is 17.9. The molecular weight excluding hydrogens is 228 g/mol. The van der Waals surface area contributed by atoms with E-state index >= 15 is 0 Å². The summed E-state index contributed by atoms with van der Waals surface area (Å²) < 4.78 is 0. The molecule has 0 aliphatic carbocycles. The monoisotopic (exact) mass is 240 g/mol. The van der Waals surface area contributed by atoms with Crippen molar-refractivity contribution in [2.45, 2.75) is 25.5 Å². The lowest BCUT2D eigenvalue weighted by Crippen LogP contribution is -2.21. The van der Waals surface area contributed by atoms with E-state index in [1.54, 1.807) is 13.8 Å². The predicted octanol–water partition coefficient (Wildman–Crippen LogP) is 1.50. The zero-order chi connectivity index (χ0) is 12.3. The Bertz CT molecular complexity index is 412. The van der Waals surface area contributed by atoms with Crippen LogP contribution < -0.4 is 0 Å². The number of hydrogen-bond acceptors (Lipinski definition) is 4. The molecule has 0 spiro atoms. The number of amides is 1. The minimum absolute atomic E-state index is 0.198. The van der Waals surface area contributed by atoms with Crippen LogP contribution in [0.5, 0.6) is 0 Å². The Morgan fingerprint density at radius 2 is 2.19 bits per heavy atom. The summed E-state index contributed by atoms with van der Waals surface area (Å²) in [7, 11) is 0. The van der Waals surface area contributed by atoms with Gasteiger partial charge in [0.15, 0.2) is 5.17 Å². The molecule has 0 saturated carbocycles. The molecule has 0 aromatic heterocycles. The quantitative estimate of drug-likeness (QED) is 0.758. The highest BCUT2D eigenvalue weighted by molar-refractivity contribution is 8.15. The second-order valence-electron chi connectivity index (χ2n) is 3.23. The van der Waals surface area contributed by atoms with Crippen LogP contribution >= 0.6 is 11.8 Å². The average molecular weight is 240 g/mol. The molecule has 1 aliphatic rings. The first-order valence-corrected chi connectivity index (χ1v) is 5.60. The van der Waals surface area contributed by atoms with Gasteiger partial charge in [-0.3, -0.25) is 9.59 Å². The van der Waals surface area contributed by atoms with Crippen molar-refractivity contribution in [1.29, 1.82) is 0 Å². The fourth-order valence-electron chi connectivity index (χ4n) is 1.03. The second-order valence-corrected chi connectivity index (χ2v) is 4.40. The van der Waals surface area contributed by atoms with E-state index in [-0.39, 0.29) is 10.7 Å². The third-order valence-electron chi connectivity index (χ3n) is 2.05. The SMILES string of the molecule is C=C1C(=O)N=C(SC(CC)C(=O)O)N=C1C. The van der Waals surface area contributed by atoms with Crippen LogP contribution in [0.25, 0.3) is 0 Å². The number of nitrogens with zero attached hydrogens (tertiary/aromatic N) is 2. The second kappa shape index (κ2) is 5.07. The predicted molar refractivity (Wildman–Crippen MR) is 64.0 cm³/mol. The summed E-state index contributed by atoms with van der Waals surface area (Å²) in [4.78, 5) is 29.8. The van der Waals surface area contributed by atoms with Gasteiger partial charge < -0.3 is 5.11 Å². The van der Waals surface area contributed by atoms with Gasteiger partial charge in [0.25, 0.3) is 5.91 Å². The fraction of sp³-hybridized carbons (Fsp3) is 0.400. The zero-order valence-corrected chi connectivity index (χ0v) is 9.87. The maximum Gasteiger partial charge on any atom is 0.317 e. The van der Waals surface area contributed by atoms with E-state index in [0.29, 0.717) is 12.1 Å². The van der Waals surface area contributed by atoms with Crippen molar-refractivity contribution in [3.05, 3.63) is 12.2 Å². The fourth-order valence-corrected chi connectivity index (χ4v) is 1.88. The summed E-state index contributed by atoms with van der Waals surface area (Å²) in [5.41, 5.74) is 0.746. The van der Waals surface area contributed by atoms with Gasteiger partial charge in [-0.15, -0.1) is 0 Å². The number of rotatable bonds is 3. The number of aliphatic carboxylic acids is 1. The summed E-state index contributed by atoms with van der Waals surface area (Å²) >= 11 is 0.984. The maximum absolute atomic E-state index is 11.3. The lowest BCUT2D eigenvalue weighted by molar-refractivity contribution is -0.136. The van der Waals surface area contributed by atoms with Crippen LogP contribution in [-0.4, -0.2) is 33.1 Å². The van der Waals surface area contributed by atoms with E-state index in [9.17, 15) is 9.59 Å². The van der Waals surface area contributed by atoms with E-state index in [2.05, 4.69) is 16.6 Å². The van der Waals surface area contributed by atoms with Crippen LogP contribution in [-0.2, 0) is 9.59 Å². The minimum atomic E-state index is -0.931. The van der Waals surface area contributed by atoms with Crippen molar-refractivity contribution in [1.82, 2.24) is 0 Å². The molecule has 0 fully saturated rings. The smallest absolute Gasteiger partial charge is 0.317 e. The van der Waals surface area contributed by atoms with Gasteiger partial charge in [0.05, 0.1) is 11.3 Å². The molecule has 0 bridgehead atoms. The molecule has 0 radical (unpaired) electrons. The standard InChI is InChI=1S/C10H12N2O3S/c1-4-7(9(14)15)16-10-11-6(3)5(2)8(13)12-10/h7H,2,4H2,1,3H3,(H,14,15). The maximum atomic E-state index is 11.3. The molecule has 1 atom stereocenters. The first-order valence-electron chi connectivity index (χ1n) is 4.72. The Hall–Kier alpha value is -1.43. The number of carbonyl (C=O) groups is 2. The molecular formula is C10H12N2O3S. The zero-order valence-electron chi connectivity index (χ0n) is 9.06. The molecule has 1 unspecified atom stereocenters. The van der Waals surface area contributed by atoms with Crippen molar-refractivity contribution < 1.29 is 14.7 Å². The van der Waals surface area contributed by atoms with Gasteiger partial charge in [-0.05, 0) is 13.3 Å². The number of carbonyl (C=O) groups excluding carboxylic acids is 1. The molecule has 0 aromatic carbocycles. The topological polar surface area (TPSA) is 79.1 Å². The van der Waals surface area contributed by atoms with E-state index in [0.717, 1.165) is 11.8 Å². The Labute approximate surface area is 97.4 Å². The first kappa shape index (κ1) is 12.6. The molecule has 1 heterocycles. The largest absolute Gasteiger partial charge is 0.480 e. The van der Waals surface area contributed by atoms with Gasteiger partial charge in [-0.2, -0.15) is 4.99 Å². The molecule has 1 aliphatic heterocycles. The Morgan fingerprint density at radius 3 is 2.62 bits per heavy atom. The lowest BCUT2D eigenvalue weighted by atomic mass is 10.2. The van der Waals surface area contributed by atoms with Crippen LogP contribution in [0.15, 0.2) is 22.1 Å². The van der Waals surface area contributed by atoms with Gasteiger partial charge in [-0.1, -0.05) is 25.3 Å². The molecule has 1 amide bonds. The molecule has 1 rings (SSSR count). The number of carboxylic acid groups (broad SMARTS) is 1. The lowest BCUT2D eigenvalue weighted by Gasteiger charge is -2.12. The Kier molecular flexibility index (Phi) is 4.00. The molecule has 86 valence electrons. The van der Waals surface area contributed by atoms with E-state index in [1.807, 2.05) is 0 Å². The van der Waals surface area contributed by atoms with E-state index < -0.39 is 17.1 Å². The van der Waals surface area contributed by atoms with E-state index in [1.165, 1.54) is 0 Å². The summed E-state index contributed by atoms with van der Waals surface area (Å²) in [6.07, 6.45) is 0.447. The highest BCUT2D eigenvalue weighted by Crippen LogP contribution is 2.21. The van der Waals surface area contributed by atoms with Gasteiger partial charge in [0.2, 0.25) is 0 Å². The minimum Gasteiger partial charge on any atom is -0.480 e. The summed E-state index contributed by atoms with van der Waals surface area (Å²) in [6.45, 7) is 6.94. The van der Waals surface area contributed by atoms with Crippen LogP contribution in [0, 0.1) is 0 Å². The van der Waals surface area contributed by atoms with Crippen LogP contribution in [0.1, 0.15) is 20.3 Å². The number of aliphatic imine (C=N–C) groups is 2. The summed E-state index contributed by atoms with van der Waals surface area (Å²) in [5, 5.41) is 8.43. The molecule has 0 aromatic rings. The number of thioether (sulfide) groups is 1. The number of amidine groups is 1. The highest BCUT2D eigenvalue weighted by atomic mass is 32.2. The molecule has 16 heavy (non-hydrogen) atoms. The molecule has 0 saturated heterocycles. The summed E-state index contributed by atoms with van der Waals surface area (Å²) in [5.74, 6) is -1.38. The van der Waals surface area contributed by atoms with Crippen molar-refractivity contribution in [3.8, 4) is 0 Å². The van der Waals surface area contributed by atoms with Gasteiger partial charge in [0, 0.05) is 0 Å². The Balaban J connectivity index is 2.83. The number of carboxylic acids is 1. The third kappa shape index (κ3) is 2.79. The van der Waals surface area contributed by atoms with Crippen molar-refractivity contribution in [3.63, 3.8) is 0 Å². The first-order chi connectivity index (χ1) is 7.45. The van der Waals surface area contributed by atoms with Crippen molar-refractivity contribution in [2.24, 2.45) is 9.98 Å². The Morgan fingerprint density at radius 1 is 1.56 bits per heavy atom. The summed E-state index contributed by atoms with van der Waals surface area (Å²) in [6, 6.07) is 0. The van der Waals surface area contributed by atoms with Gasteiger partial charge >= 0.3 is 5.97 Å². The van der Waals surface area contributed by atoms with Crippen LogP contribution in [0.2, 0.25) is 0 Å². The van der Waals surface area contributed by atoms with Gasteiger partial charge in [-0.25, -0.2) is 4.99 Å². The third-order valence-corrected chi connectivity index (χ3v) is 3.26. The van der Waals surface area contributed by atoms with E-state index in [4.69, 9.17) is 5.11 Å². The molecule has 1 N–H and O–H groups in total. The highest BCUT2D eigenvalue weighted by Gasteiger charge is 2.23. The molecule has 6 heteroatoms.